The molecule has 0 bridgehead atoms. The second-order valence-corrected chi connectivity index (χ2v) is 7.27. The number of hydrogen-bond donors (Lipinski definition) is 1. The number of nitrogens with zero attached hydrogens (tertiary/aromatic N) is 2. The molecule has 0 saturated carbocycles. The number of benzene rings is 2. The Balaban J connectivity index is 1.72. The first-order chi connectivity index (χ1) is 13.1. The number of nitro groups is 1. The van der Waals surface area contributed by atoms with Crippen molar-refractivity contribution in [1.29, 1.82) is 0 Å². The number of allylic oxidation sites excluding steroid dienone is 2. The van der Waals surface area contributed by atoms with Crippen molar-refractivity contribution in [2.75, 3.05) is 23.3 Å². The minimum Gasteiger partial charge on any atom is -0.378 e. The van der Waals surface area contributed by atoms with Crippen LogP contribution >= 0.6 is 0 Å². The lowest BCUT2D eigenvalue weighted by molar-refractivity contribution is -0.384. The summed E-state index contributed by atoms with van der Waals surface area (Å²) in [5.41, 5.74) is 4.87. The third-order valence-electron chi connectivity index (χ3n) is 5.92. The third kappa shape index (κ3) is 3.07. The van der Waals surface area contributed by atoms with Crippen LogP contribution < -0.4 is 10.2 Å². The topological polar surface area (TPSA) is 58.4 Å². The first kappa shape index (κ1) is 17.6. The predicted octanol–water partition coefficient (Wildman–Crippen LogP) is 5.27. The maximum Gasteiger partial charge on any atom is 0.269 e. The van der Waals surface area contributed by atoms with E-state index in [4.69, 9.17) is 0 Å². The number of nitrogens with one attached hydrogen (secondary N) is 1. The number of hydrogen-bond acceptors (Lipinski definition) is 4. The quantitative estimate of drug-likeness (QED) is 0.447. The second-order valence-electron chi connectivity index (χ2n) is 7.27. The Bertz CT molecular complexity index is 889. The predicted molar refractivity (Wildman–Crippen MR) is 109 cm³/mol. The SMILES string of the molecule is CCN(CC)c1ccc2c(c1)C1C=CCC1C(c1cccc([N+](=O)[O-])c1)N2. The Kier molecular flexibility index (Phi) is 4.60. The van der Waals surface area contributed by atoms with Gasteiger partial charge in [-0.1, -0.05) is 24.3 Å². The molecule has 0 saturated heterocycles. The fraction of sp³-hybridized carbons (Fsp3) is 0.364. The van der Waals surface area contributed by atoms with E-state index in [1.54, 1.807) is 18.2 Å². The average Bonchev–Trinajstić information content (AvgIpc) is 3.18. The van der Waals surface area contributed by atoms with Crippen LogP contribution in [0.1, 0.15) is 43.4 Å². The highest BCUT2D eigenvalue weighted by atomic mass is 16.6. The lowest BCUT2D eigenvalue weighted by Gasteiger charge is -2.38. The molecule has 140 valence electrons. The molecule has 3 atom stereocenters. The summed E-state index contributed by atoms with van der Waals surface area (Å²) in [5.74, 6) is 0.729. The first-order valence-corrected chi connectivity index (χ1v) is 9.68. The molecule has 5 heteroatoms. The van der Waals surface area contributed by atoms with Crippen LogP contribution in [0.25, 0.3) is 0 Å². The van der Waals surface area contributed by atoms with Crippen LogP contribution in [0.2, 0.25) is 0 Å². The number of non-ortho nitro benzene ring substituents is 1. The van der Waals surface area contributed by atoms with Gasteiger partial charge in [-0.25, -0.2) is 0 Å². The zero-order chi connectivity index (χ0) is 19.0. The Morgan fingerprint density at radius 2 is 2.00 bits per heavy atom. The number of fused-ring (bicyclic) bond motifs is 3. The van der Waals surface area contributed by atoms with E-state index in [9.17, 15) is 10.1 Å². The highest BCUT2D eigenvalue weighted by Crippen LogP contribution is 2.50. The average molecular weight is 363 g/mol. The molecule has 1 aliphatic carbocycles. The van der Waals surface area contributed by atoms with Gasteiger partial charge < -0.3 is 10.2 Å². The molecule has 27 heavy (non-hydrogen) atoms. The van der Waals surface area contributed by atoms with E-state index in [1.165, 1.54) is 11.3 Å². The van der Waals surface area contributed by atoms with Crippen molar-refractivity contribution in [3.8, 4) is 0 Å². The molecule has 2 aromatic rings. The number of anilines is 2. The lowest BCUT2D eigenvalue weighted by Crippen LogP contribution is -2.29. The normalized spacial score (nSPS) is 22.7. The van der Waals surface area contributed by atoms with E-state index in [1.807, 2.05) is 6.07 Å². The fourth-order valence-corrected chi connectivity index (χ4v) is 4.53. The summed E-state index contributed by atoms with van der Waals surface area (Å²) < 4.78 is 0. The standard InChI is InChI=1S/C22H25N3O2/c1-3-24(4-2)16-11-12-21-20(14-16)18-9-6-10-19(18)22(23-21)15-7-5-8-17(13-15)25(26)27/h5-9,11-14,18-19,22-23H,3-4,10H2,1-2H3. The van der Waals surface area contributed by atoms with E-state index in [-0.39, 0.29) is 16.7 Å². The van der Waals surface area contributed by atoms with Gasteiger partial charge in [-0.05, 0) is 55.5 Å². The molecule has 0 spiro atoms. The van der Waals surface area contributed by atoms with E-state index in [0.29, 0.717) is 11.8 Å². The van der Waals surface area contributed by atoms with Crippen molar-refractivity contribution in [3.05, 3.63) is 75.9 Å². The monoisotopic (exact) mass is 363 g/mol. The van der Waals surface area contributed by atoms with Gasteiger partial charge in [0.05, 0.1) is 11.0 Å². The van der Waals surface area contributed by atoms with Gasteiger partial charge in [-0.15, -0.1) is 0 Å². The third-order valence-corrected chi connectivity index (χ3v) is 5.92. The molecule has 0 fully saturated rings. The smallest absolute Gasteiger partial charge is 0.269 e. The Labute approximate surface area is 159 Å². The maximum absolute atomic E-state index is 11.2. The summed E-state index contributed by atoms with van der Waals surface area (Å²) in [7, 11) is 0. The molecule has 0 aromatic heterocycles. The van der Waals surface area contributed by atoms with Crippen LogP contribution in [0.3, 0.4) is 0 Å². The van der Waals surface area contributed by atoms with Crippen LogP contribution in [0, 0.1) is 16.0 Å². The molecular weight excluding hydrogens is 338 g/mol. The van der Waals surface area contributed by atoms with Gasteiger partial charge in [0.2, 0.25) is 0 Å². The molecule has 3 unspecified atom stereocenters. The second kappa shape index (κ2) is 7.06. The van der Waals surface area contributed by atoms with Crippen LogP contribution in [0.4, 0.5) is 17.1 Å². The van der Waals surface area contributed by atoms with E-state index in [0.717, 1.165) is 30.8 Å². The van der Waals surface area contributed by atoms with E-state index >= 15 is 0 Å². The van der Waals surface area contributed by atoms with Crippen molar-refractivity contribution in [2.24, 2.45) is 5.92 Å². The minimum absolute atomic E-state index is 0.0803. The molecule has 5 nitrogen and oxygen atoms in total. The van der Waals surface area contributed by atoms with Gasteiger partial charge in [0.25, 0.3) is 5.69 Å². The van der Waals surface area contributed by atoms with Crippen molar-refractivity contribution < 1.29 is 4.92 Å². The summed E-state index contributed by atoms with van der Waals surface area (Å²) in [6.07, 6.45) is 5.54. The summed E-state index contributed by atoms with van der Waals surface area (Å²) in [4.78, 5) is 13.2. The van der Waals surface area contributed by atoms with Crippen LogP contribution in [0.5, 0.6) is 0 Å². The highest BCUT2D eigenvalue weighted by Gasteiger charge is 2.38. The minimum atomic E-state index is -0.318. The van der Waals surface area contributed by atoms with E-state index < -0.39 is 0 Å². The summed E-state index contributed by atoms with van der Waals surface area (Å²) in [5, 5.41) is 14.9. The van der Waals surface area contributed by atoms with E-state index in [2.05, 4.69) is 54.4 Å². The summed E-state index contributed by atoms with van der Waals surface area (Å²) in [6, 6.07) is 13.8. The molecule has 1 heterocycles. The largest absolute Gasteiger partial charge is 0.378 e. The molecule has 1 N–H and O–H groups in total. The Hall–Kier alpha value is -2.82. The fourth-order valence-electron chi connectivity index (χ4n) is 4.53. The molecular formula is C22H25N3O2. The molecule has 2 aliphatic rings. The number of nitro benzene ring substituents is 1. The number of rotatable bonds is 5. The van der Waals surface area contributed by atoms with Crippen molar-refractivity contribution in [3.63, 3.8) is 0 Å². The van der Waals surface area contributed by atoms with Gasteiger partial charge in [-0.3, -0.25) is 10.1 Å². The summed E-state index contributed by atoms with van der Waals surface area (Å²) in [6.45, 7) is 6.33. The van der Waals surface area contributed by atoms with Crippen LogP contribution in [-0.4, -0.2) is 18.0 Å². The molecule has 1 aliphatic heterocycles. The van der Waals surface area contributed by atoms with Gasteiger partial charge in [-0.2, -0.15) is 0 Å². The molecule has 4 rings (SSSR count). The van der Waals surface area contributed by atoms with Gasteiger partial charge in [0.15, 0.2) is 0 Å². The zero-order valence-corrected chi connectivity index (χ0v) is 15.8. The van der Waals surface area contributed by atoms with Gasteiger partial charge in [0.1, 0.15) is 0 Å². The lowest BCUT2D eigenvalue weighted by atomic mass is 9.77. The first-order valence-electron chi connectivity index (χ1n) is 9.68. The van der Waals surface area contributed by atoms with Crippen molar-refractivity contribution in [2.45, 2.75) is 32.2 Å². The van der Waals surface area contributed by atoms with Crippen LogP contribution in [0.15, 0.2) is 54.6 Å². The Morgan fingerprint density at radius 3 is 2.74 bits per heavy atom. The maximum atomic E-state index is 11.2. The molecule has 2 aromatic carbocycles. The van der Waals surface area contributed by atoms with Crippen LogP contribution in [-0.2, 0) is 0 Å². The molecule has 0 radical (unpaired) electrons. The van der Waals surface area contributed by atoms with Gasteiger partial charge >= 0.3 is 0 Å². The summed E-state index contributed by atoms with van der Waals surface area (Å²) >= 11 is 0. The van der Waals surface area contributed by atoms with Gasteiger partial charge in [0, 0.05) is 42.5 Å². The van der Waals surface area contributed by atoms with Crippen molar-refractivity contribution >= 4 is 17.1 Å². The zero-order valence-electron chi connectivity index (χ0n) is 15.8. The highest BCUT2D eigenvalue weighted by molar-refractivity contribution is 5.66. The van der Waals surface area contributed by atoms with Crippen molar-refractivity contribution in [1.82, 2.24) is 0 Å². The Morgan fingerprint density at radius 1 is 1.19 bits per heavy atom. The molecule has 0 amide bonds.